The summed E-state index contributed by atoms with van der Waals surface area (Å²) in [7, 11) is 0. The van der Waals surface area contributed by atoms with Crippen molar-refractivity contribution in [3.05, 3.63) is 41.5 Å². The van der Waals surface area contributed by atoms with E-state index < -0.39 is 17.5 Å². The Hall–Kier alpha value is -2.18. The Kier molecular flexibility index (Phi) is 5.52. The first-order valence-electron chi connectivity index (χ1n) is 7.78. The van der Waals surface area contributed by atoms with Crippen LogP contribution in [0.15, 0.2) is 30.3 Å². The number of nitrogens with zero attached hydrogens (tertiary/aromatic N) is 1. The van der Waals surface area contributed by atoms with Gasteiger partial charge >= 0.3 is 0 Å². The van der Waals surface area contributed by atoms with Crippen LogP contribution < -0.4 is 11.1 Å². The first-order chi connectivity index (χ1) is 11.0. The van der Waals surface area contributed by atoms with Gasteiger partial charge in [-0.25, -0.2) is 5.06 Å². The van der Waals surface area contributed by atoms with Gasteiger partial charge in [0.2, 0.25) is 12.3 Å². The summed E-state index contributed by atoms with van der Waals surface area (Å²) < 4.78 is 0. The van der Waals surface area contributed by atoms with Gasteiger partial charge in [-0.15, -0.1) is 0 Å². The van der Waals surface area contributed by atoms with Gasteiger partial charge < -0.3 is 11.1 Å². The highest BCUT2D eigenvalue weighted by atomic mass is 16.5. The fourth-order valence-electron chi connectivity index (χ4n) is 2.99. The number of amides is 2. The van der Waals surface area contributed by atoms with Crippen LogP contribution in [0.2, 0.25) is 0 Å². The molecule has 124 valence electrons. The molecule has 1 aliphatic rings. The molecular formula is C17H23N3O3. The van der Waals surface area contributed by atoms with Gasteiger partial charge in [-0.05, 0) is 24.1 Å². The van der Waals surface area contributed by atoms with Crippen molar-refractivity contribution in [1.82, 2.24) is 10.4 Å². The van der Waals surface area contributed by atoms with Crippen molar-refractivity contribution in [3.63, 3.8) is 0 Å². The monoisotopic (exact) mass is 317 g/mol. The molecule has 2 amide bonds. The maximum atomic E-state index is 12.0. The molecule has 0 heterocycles. The van der Waals surface area contributed by atoms with Crippen molar-refractivity contribution in [2.75, 3.05) is 6.54 Å². The minimum atomic E-state index is -1.23. The molecule has 0 saturated carbocycles. The van der Waals surface area contributed by atoms with Gasteiger partial charge in [-0.3, -0.25) is 14.8 Å². The molecule has 2 atom stereocenters. The summed E-state index contributed by atoms with van der Waals surface area (Å²) >= 11 is 0. The van der Waals surface area contributed by atoms with Gasteiger partial charge in [0.1, 0.15) is 11.6 Å². The fraction of sp³-hybridized carbons (Fsp3) is 0.412. The molecule has 1 aromatic rings. The lowest BCUT2D eigenvalue weighted by Gasteiger charge is -2.42. The summed E-state index contributed by atoms with van der Waals surface area (Å²) in [5.74, 6) is -0.606. The molecule has 0 aliphatic heterocycles. The summed E-state index contributed by atoms with van der Waals surface area (Å²) in [5.41, 5.74) is 6.28. The number of hydrogen-bond donors (Lipinski definition) is 3. The Morgan fingerprint density at radius 2 is 2.26 bits per heavy atom. The number of nitrogens with two attached hydrogens (primary N) is 1. The van der Waals surface area contributed by atoms with Gasteiger partial charge in [-0.2, -0.15) is 0 Å². The largest absolute Gasteiger partial charge is 0.368 e. The molecule has 0 bridgehead atoms. The van der Waals surface area contributed by atoms with E-state index in [2.05, 4.69) is 5.32 Å². The summed E-state index contributed by atoms with van der Waals surface area (Å²) in [6, 6.07) is 6.78. The number of unbranched alkanes of at least 4 members (excludes halogenated alkanes) is 1. The van der Waals surface area contributed by atoms with Gasteiger partial charge in [0.15, 0.2) is 0 Å². The first kappa shape index (κ1) is 17.2. The van der Waals surface area contributed by atoms with Crippen molar-refractivity contribution in [2.24, 2.45) is 5.73 Å². The highest BCUT2D eigenvalue weighted by molar-refractivity contribution is 5.83. The van der Waals surface area contributed by atoms with Crippen LogP contribution in [0.4, 0.5) is 0 Å². The van der Waals surface area contributed by atoms with Crippen LogP contribution in [-0.2, 0) is 16.0 Å². The molecule has 1 aromatic carbocycles. The molecule has 0 aromatic heterocycles. The average molecular weight is 317 g/mol. The van der Waals surface area contributed by atoms with E-state index in [4.69, 9.17) is 5.73 Å². The van der Waals surface area contributed by atoms with E-state index in [1.807, 2.05) is 37.3 Å². The molecule has 2 unspecified atom stereocenters. The highest BCUT2D eigenvalue weighted by Crippen LogP contribution is 2.32. The van der Waals surface area contributed by atoms with Crippen molar-refractivity contribution < 1.29 is 14.8 Å². The second kappa shape index (κ2) is 7.39. The lowest BCUT2D eigenvalue weighted by Crippen LogP contribution is -2.65. The third-order valence-electron chi connectivity index (χ3n) is 4.27. The zero-order valence-electron chi connectivity index (χ0n) is 13.2. The minimum Gasteiger partial charge on any atom is -0.368 e. The van der Waals surface area contributed by atoms with Crippen LogP contribution in [0.5, 0.6) is 0 Å². The number of hydrogen-bond acceptors (Lipinski definition) is 4. The number of carbonyl (C=O) groups is 2. The van der Waals surface area contributed by atoms with E-state index in [0.29, 0.717) is 24.4 Å². The molecular weight excluding hydrogens is 294 g/mol. The van der Waals surface area contributed by atoms with Gasteiger partial charge in [-0.1, -0.05) is 49.8 Å². The molecule has 2 rings (SSSR count). The summed E-state index contributed by atoms with van der Waals surface area (Å²) in [6.45, 7) is 2.62. The number of nitrogens with one attached hydrogen (secondary N) is 1. The molecule has 4 N–H and O–H groups in total. The number of hydroxylamine groups is 2. The van der Waals surface area contributed by atoms with Crippen LogP contribution >= 0.6 is 0 Å². The molecule has 6 heteroatoms. The van der Waals surface area contributed by atoms with Gasteiger partial charge in [0, 0.05) is 6.42 Å². The summed E-state index contributed by atoms with van der Waals surface area (Å²) in [6.07, 6.45) is 5.94. The Bertz CT molecular complexity index is 603. The lowest BCUT2D eigenvalue weighted by atomic mass is 9.77. The number of carbonyl (C=O) groups excluding carboxylic acids is 2. The fourth-order valence-corrected chi connectivity index (χ4v) is 2.99. The average Bonchev–Trinajstić information content (AvgIpc) is 2.57. The Morgan fingerprint density at radius 1 is 1.52 bits per heavy atom. The van der Waals surface area contributed by atoms with Gasteiger partial charge in [0.05, 0.1) is 0 Å². The van der Waals surface area contributed by atoms with E-state index in [-0.39, 0.29) is 0 Å². The molecule has 23 heavy (non-hydrogen) atoms. The summed E-state index contributed by atoms with van der Waals surface area (Å²) in [5, 5.41) is 13.8. The zero-order chi connectivity index (χ0) is 16.9. The predicted octanol–water partition coefficient (Wildman–Crippen LogP) is 1.09. The Labute approximate surface area is 135 Å². The van der Waals surface area contributed by atoms with E-state index in [9.17, 15) is 14.8 Å². The number of fused-ring (bicyclic) bond motifs is 1. The first-order valence-corrected chi connectivity index (χ1v) is 7.78. The quantitative estimate of drug-likeness (QED) is 0.289. The normalized spacial score (nSPS) is 20.6. The summed E-state index contributed by atoms with van der Waals surface area (Å²) in [4.78, 5) is 23.2. The highest BCUT2D eigenvalue weighted by Gasteiger charge is 2.46. The van der Waals surface area contributed by atoms with Crippen LogP contribution in [-0.4, -0.2) is 40.7 Å². The zero-order valence-corrected chi connectivity index (χ0v) is 13.2. The van der Waals surface area contributed by atoms with E-state index in [1.165, 1.54) is 0 Å². The maximum Gasteiger partial charge on any atom is 0.237 e. The lowest BCUT2D eigenvalue weighted by molar-refractivity contribution is -0.177. The van der Waals surface area contributed by atoms with Crippen LogP contribution in [0.1, 0.15) is 30.9 Å². The van der Waals surface area contributed by atoms with Crippen LogP contribution in [0.3, 0.4) is 0 Å². The smallest absolute Gasteiger partial charge is 0.237 e. The van der Waals surface area contributed by atoms with Crippen molar-refractivity contribution >= 4 is 18.4 Å². The molecule has 0 radical (unpaired) electrons. The third kappa shape index (κ3) is 3.43. The molecule has 6 nitrogen and oxygen atoms in total. The van der Waals surface area contributed by atoms with E-state index >= 15 is 0 Å². The topological polar surface area (TPSA) is 95.7 Å². The van der Waals surface area contributed by atoms with E-state index in [1.54, 1.807) is 6.08 Å². The second-order valence-corrected chi connectivity index (χ2v) is 5.79. The third-order valence-corrected chi connectivity index (χ3v) is 4.27. The minimum absolute atomic E-state index is 0.307. The SMILES string of the molecule is CCCCNC(C(N)=O)C1(N(O)C=O)C=Cc2ccccc2C1. The Morgan fingerprint density at radius 3 is 2.91 bits per heavy atom. The molecule has 0 fully saturated rings. The van der Waals surface area contributed by atoms with Crippen LogP contribution in [0, 0.1) is 0 Å². The van der Waals surface area contributed by atoms with Gasteiger partial charge in [0.25, 0.3) is 0 Å². The predicted molar refractivity (Wildman–Crippen MR) is 87.5 cm³/mol. The molecule has 0 spiro atoms. The van der Waals surface area contributed by atoms with Crippen LogP contribution in [0.25, 0.3) is 6.08 Å². The Balaban J connectivity index is 2.40. The molecule has 1 aliphatic carbocycles. The van der Waals surface area contributed by atoms with E-state index in [0.717, 1.165) is 24.0 Å². The number of primary amides is 1. The van der Waals surface area contributed by atoms with Crippen molar-refractivity contribution in [1.29, 1.82) is 0 Å². The molecule has 0 saturated heterocycles. The maximum absolute atomic E-state index is 12.0. The van der Waals surface area contributed by atoms with Crippen molar-refractivity contribution in [3.8, 4) is 0 Å². The number of benzene rings is 1. The van der Waals surface area contributed by atoms with Crippen molar-refractivity contribution in [2.45, 2.75) is 37.8 Å². The number of rotatable bonds is 8. The standard InChI is InChI=1S/C17H23N3O3/c1-2-3-10-19-15(16(18)22)17(20(23)12-21)9-8-13-6-4-5-7-14(13)11-17/h4-9,12,15,19,23H,2-3,10-11H2,1H3,(H2,18,22). The second-order valence-electron chi connectivity index (χ2n) is 5.79.